The summed E-state index contributed by atoms with van der Waals surface area (Å²) in [5.74, 6) is 0.777. The number of carbonyl (C=O) groups is 1. The molecule has 0 radical (unpaired) electrons. The van der Waals surface area contributed by atoms with Crippen molar-refractivity contribution >= 4 is 40.3 Å². The van der Waals surface area contributed by atoms with Crippen molar-refractivity contribution in [3.8, 4) is 0 Å². The minimum atomic E-state index is -0.142. The lowest BCUT2D eigenvalue weighted by Gasteiger charge is -2.04. The Morgan fingerprint density at radius 1 is 1.27 bits per heavy atom. The number of unbranched alkanes of at least 4 members (excludes halogenated alkanes) is 3. The van der Waals surface area contributed by atoms with Crippen LogP contribution < -0.4 is 5.32 Å². The molecule has 8 heteroatoms. The molecule has 0 atom stereocenters. The molecule has 0 aliphatic heterocycles. The fraction of sp³-hybridized carbons (Fsp3) is 0.500. The van der Waals surface area contributed by atoms with Crippen LogP contribution in [0.25, 0.3) is 21.8 Å². The zero-order valence-electron chi connectivity index (χ0n) is 15.0. The number of carbonyl (C=O) groups excluding carboxylic acids is 1. The molecule has 0 aliphatic carbocycles. The van der Waals surface area contributed by atoms with E-state index in [1.807, 2.05) is 16.8 Å². The third-order valence-corrected chi connectivity index (χ3v) is 4.77. The van der Waals surface area contributed by atoms with E-state index in [1.54, 1.807) is 13.3 Å². The molecule has 0 saturated heterocycles. The quantitative estimate of drug-likeness (QED) is 0.376. The summed E-state index contributed by atoms with van der Waals surface area (Å²) < 4.78 is 7.01. The highest BCUT2D eigenvalue weighted by molar-refractivity contribution is 7.80. The van der Waals surface area contributed by atoms with Crippen LogP contribution in [0, 0.1) is 0 Å². The number of aromatic nitrogens is 4. The van der Waals surface area contributed by atoms with Crippen LogP contribution in [-0.2, 0) is 11.3 Å². The second-order valence-corrected chi connectivity index (χ2v) is 6.69. The Balaban J connectivity index is 1.71. The van der Waals surface area contributed by atoms with Gasteiger partial charge in [-0.05, 0) is 30.7 Å². The summed E-state index contributed by atoms with van der Waals surface area (Å²) in [6.45, 7) is 1.94. The largest absolute Gasteiger partial charge is 0.383 e. The van der Waals surface area contributed by atoms with Crippen molar-refractivity contribution in [1.29, 1.82) is 0 Å². The highest BCUT2D eigenvalue weighted by atomic mass is 32.1. The Morgan fingerprint density at radius 2 is 2.12 bits per heavy atom. The number of nitrogens with one attached hydrogen (secondary N) is 2. The van der Waals surface area contributed by atoms with Crippen LogP contribution >= 0.6 is 12.6 Å². The third-order valence-electron chi connectivity index (χ3n) is 4.45. The molecule has 3 aromatic rings. The number of ether oxygens (including phenoxy) is 1. The number of hydrogen-bond acceptors (Lipinski definition) is 5. The fourth-order valence-corrected chi connectivity index (χ4v) is 3.27. The number of aromatic amines is 1. The predicted octanol–water partition coefficient (Wildman–Crippen LogP) is 2.78. The molecule has 0 spiro atoms. The standard InChI is InChI=1S/C18H25N5O2S/c1-25-10-9-23-15-7-6-13-16(14(15)12-20-23)21-22-17(13)18(24)19-8-4-2-3-5-11-26/h6-7,12,26H,2-5,8-11H2,1H3,(H,19,24)(H,21,22). The summed E-state index contributed by atoms with van der Waals surface area (Å²) >= 11 is 4.20. The van der Waals surface area contributed by atoms with Crippen LogP contribution in [0.4, 0.5) is 0 Å². The molecule has 3 rings (SSSR count). The van der Waals surface area contributed by atoms with Crippen molar-refractivity contribution in [3.05, 3.63) is 24.0 Å². The second kappa shape index (κ2) is 9.05. The normalized spacial score (nSPS) is 11.5. The SMILES string of the molecule is COCCn1ncc2c3[nH]nc(C(=O)NCCCCCCS)c3ccc21. The molecule has 26 heavy (non-hydrogen) atoms. The highest BCUT2D eigenvalue weighted by Crippen LogP contribution is 2.25. The zero-order valence-corrected chi connectivity index (χ0v) is 15.9. The van der Waals surface area contributed by atoms with E-state index < -0.39 is 0 Å². The van der Waals surface area contributed by atoms with E-state index in [-0.39, 0.29) is 5.91 Å². The Hall–Kier alpha value is -2.06. The van der Waals surface area contributed by atoms with Crippen LogP contribution in [0.2, 0.25) is 0 Å². The number of thiol groups is 1. The lowest BCUT2D eigenvalue weighted by atomic mass is 10.1. The average Bonchev–Trinajstić information content (AvgIpc) is 3.26. The first-order valence-corrected chi connectivity index (χ1v) is 9.60. The van der Waals surface area contributed by atoms with Gasteiger partial charge in [-0.15, -0.1) is 0 Å². The Morgan fingerprint density at radius 3 is 2.92 bits per heavy atom. The van der Waals surface area contributed by atoms with E-state index in [2.05, 4.69) is 33.2 Å². The van der Waals surface area contributed by atoms with Gasteiger partial charge in [0.25, 0.3) is 5.91 Å². The van der Waals surface area contributed by atoms with Crippen LogP contribution in [-0.4, -0.2) is 51.9 Å². The fourth-order valence-electron chi connectivity index (χ4n) is 3.05. The monoisotopic (exact) mass is 375 g/mol. The van der Waals surface area contributed by atoms with Crippen molar-refractivity contribution in [1.82, 2.24) is 25.3 Å². The summed E-state index contributed by atoms with van der Waals surface area (Å²) in [5, 5.41) is 16.4. The van der Waals surface area contributed by atoms with Gasteiger partial charge in [0.1, 0.15) is 0 Å². The van der Waals surface area contributed by atoms with Gasteiger partial charge in [-0.3, -0.25) is 14.6 Å². The van der Waals surface area contributed by atoms with Gasteiger partial charge in [-0.1, -0.05) is 12.8 Å². The molecule has 0 bridgehead atoms. The number of methoxy groups -OCH3 is 1. The number of benzene rings is 1. The number of amides is 1. The van der Waals surface area contributed by atoms with Crippen LogP contribution in [0.15, 0.2) is 18.3 Å². The number of nitrogens with zero attached hydrogens (tertiary/aromatic N) is 3. The molecule has 0 saturated carbocycles. The molecule has 2 heterocycles. The number of hydrogen-bond donors (Lipinski definition) is 3. The van der Waals surface area contributed by atoms with E-state index in [1.165, 1.54) is 0 Å². The molecule has 2 aromatic heterocycles. The predicted molar refractivity (Wildman–Crippen MR) is 106 cm³/mol. The van der Waals surface area contributed by atoms with Gasteiger partial charge in [0.05, 0.1) is 30.4 Å². The van der Waals surface area contributed by atoms with E-state index in [9.17, 15) is 4.79 Å². The maximum Gasteiger partial charge on any atom is 0.272 e. The van der Waals surface area contributed by atoms with Crippen molar-refractivity contribution < 1.29 is 9.53 Å². The molecular formula is C18H25N5O2S. The lowest BCUT2D eigenvalue weighted by molar-refractivity contribution is 0.0949. The van der Waals surface area contributed by atoms with Gasteiger partial charge in [-0.25, -0.2) is 0 Å². The topological polar surface area (TPSA) is 84.8 Å². The molecule has 2 N–H and O–H groups in total. The van der Waals surface area contributed by atoms with Crippen molar-refractivity contribution in [3.63, 3.8) is 0 Å². The van der Waals surface area contributed by atoms with Crippen molar-refractivity contribution in [2.24, 2.45) is 0 Å². The lowest BCUT2D eigenvalue weighted by Crippen LogP contribution is -2.25. The molecule has 7 nitrogen and oxygen atoms in total. The van der Waals surface area contributed by atoms with Gasteiger partial charge in [-0.2, -0.15) is 22.8 Å². The second-order valence-electron chi connectivity index (χ2n) is 6.25. The average molecular weight is 375 g/mol. The molecular weight excluding hydrogens is 350 g/mol. The first-order valence-electron chi connectivity index (χ1n) is 8.97. The number of H-pyrrole nitrogens is 1. The van der Waals surface area contributed by atoms with E-state index in [0.717, 1.165) is 53.2 Å². The molecule has 1 amide bonds. The summed E-state index contributed by atoms with van der Waals surface area (Å²) in [6, 6.07) is 3.90. The number of fused-ring (bicyclic) bond motifs is 3. The third kappa shape index (κ3) is 4.02. The smallest absolute Gasteiger partial charge is 0.272 e. The zero-order chi connectivity index (χ0) is 18.4. The van der Waals surface area contributed by atoms with Gasteiger partial charge in [0.2, 0.25) is 0 Å². The maximum atomic E-state index is 12.4. The van der Waals surface area contributed by atoms with E-state index in [0.29, 0.717) is 25.4 Å². The summed E-state index contributed by atoms with van der Waals surface area (Å²) in [7, 11) is 1.67. The van der Waals surface area contributed by atoms with Crippen molar-refractivity contribution in [2.75, 3.05) is 26.0 Å². The molecule has 140 valence electrons. The van der Waals surface area contributed by atoms with Gasteiger partial charge in [0, 0.05) is 24.4 Å². The van der Waals surface area contributed by atoms with Crippen LogP contribution in [0.3, 0.4) is 0 Å². The minimum Gasteiger partial charge on any atom is -0.383 e. The van der Waals surface area contributed by atoms with Crippen molar-refractivity contribution in [2.45, 2.75) is 32.2 Å². The van der Waals surface area contributed by atoms with E-state index in [4.69, 9.17) is 4.74 Å². The first kappa shape index (κ1) is 18.7. The van der Waals surface area contributed by atoms with Gasteiger partial charge >= 0.3 is 0 Å². The Labute approximate surface area is 157 Å². The summed E-state index contributed by atoms with van der Waals surface area (Å²) in [4.78, 5) is 12.4. The maximum absolute atomic E-state index is 12.4. The summed E-state index contributed by atoms with van der Waals surface area (Å²) in [5.41, 5.74) is 2.27. The molecule has 0 fully saturated rings. The highest BCUT2D eigenvalue weighted by Gasteiger charge is 2.16. The van der Waals surface area contributed by atoms with Crippen LogP contribution in [0.1, 0.15) is 36.2 Å². The van der Waals surface area contributed by atoms with Gasteiger partial charge in [0.15, 0.2) is 5.69 Å². The van der Waals surface area contributed by atoms with E-state index >= 15 is 0 Å². The minimum absolute atomic E-state index is 0.142. The Kier molecular flexibility index (Phi) is 6.51. The summed E-state index contributed by atoms with van der Waals surface area (Å²) in [6.07, 6.45) is 6.14. The molecule has 0 aliphatic rings. The molecule has 1 aromatic carbocycles. The van der Waals surface area contributed by atoms with Gasteiger partial charge < -0.3 is 10.1 Å². The number of rotatable bonds is 10. The Bertz CT molecular complexity index is 873. The first-order chi connectivity index (χ1) is 12.8. The molecule has 0 unspecified atom stereocenters. The van der Waals surface area contributed by atoms with Crippen LogP contribution in [0.5, 0.6) is 0 Å².